The van der Waals surface area contributed by atoms with Gasteiger partial charge in [-0.15, -0.1) is 0 Å². The van der Waals surface area contributed by atoms with Gasteiger partial charge < -0.3 is 20.1 Å². The van der Waals surface area contributed by atoms with E-state index in [4.69, 9.17) is 15.2 Å². The third-order valence-electron chi connectivity index (χ3n) is 3.09. The molecule has 5 heteroatoms. The molecule has 0 amide bonds. The van der Waals surface area contributed by atoms with Crippen molar-refractivity contribution in [2.45, 2.75) is 26.0 Å². The van der Waals surface area contributed by atoms with Gasteiger partial charge in [0.1, 0.15) is 0 Å². The van der Waals surface area contributed by atoms with Crippen molar-refractivity contribution in [3.8, 4) is 5.75 Å². The SMILES string of the molecule is CCOc1cccnc1N1CC(CN)OCC1C. The van der Waals surface area contributed by atoms with Gasteiger partial charge in [-0.2, -0.15) is 0 Å². The molecule has 0 aromatic carbocycles. The molecule has 5 nitrogen and oxygen atoms in total. The molecule has 0 spiro atoms. The van der Waals surface area contributed by atoms with E-state index in [2.05, 4.69) is 16.8 Å². The molecule has 1 aromatic heterocycles. The summed E-state index contributed by atoms with van der Waals surface area (Å²) in [7, 11) is 0. The second-order valence-electron chi connectivity index (χ2n) is 4.45. The first-order chi connectivity index (χ1) is 8.76. The number of pyridine rings is 1. The molecule has 1 aliphatic heterocycles. The minimum absolute atomic E-state index is 0.0673. The van der Waals surface area contributed by atoms with Crippen molar-refractivity contribution < 1.29 is 9.47 Å². The summed E-state index contributed by atoms with van der Waals surface area (Å²) < 4.78 is 11.3. The molecule has 0 bridgehead atoms. The Hall–Kier alpha value is -1.33. The minimum Gasteiger partial charge on any atom is -0.490 e. The van der Waals surface area contributed by atoms with E-state index in [1.54, 1.807) is 6.20 Å². The van der Waals surface area contributed by atoms with E-state index in [1.165, 1.54) is 0 Å². The van der Waals surface area contributed by atoms with Crippen LogP contribution in [0.3, 0.4) is 0 Å². The van der Waals surface area contributed by atoms with Crippen LogP contribution in [0.4, 0.5) is 5.82 Å². The van der Waals surface area contributed by atoms with Crippen LogP contribution in [-0.2, 0) is 4.74 Å². The van der Waals surface area contributed by atoms with Crippen LogP contribution in [0.25, 0.3) is 0 Å². The van der Waals surface area contributed by atoms with Crippen LogP contribution in [-0.4, -0.2) is 43.4 Å². The zero-order valence-corrected chi connectivity index (χ0v) is 11.0. The van der Waals surface area contributed by atoms with Gasteiger partial charge in [0.05, 0.1) is 25.4 Å². The molecule has 2 rings (SSSR count). The second kappa shape index (κ2) is 6.02. The summed E-state index contributed by atoms with van der Waals surface area (Å²) >= 11 is 0. The molecule has 2 unspecified atom stereocenters. The maximum Gasteiger partial charge on any atom is 0.171 e. The number of nitrogens with two attached hydrogens (primary N) is 1. The number of aromatic nitrogens is 1. The monoisotopic (exact) mass is 251 g/mol. The van der Waals surface area contributed by atoms with Crippen LogP contribution in [0.5, 0.6) is 5.75 Å². The molecule has 2 heterocycles. The molecule has 2 atom stereocenters. The lowest BCUT2D eigenvalue weighted by Crippen LogP contribution is -2.51. The van der Waals surface area contributed by atoms with Crippen LogP contribution in [0.1, 0.15) is 13.8 Å². The Morgan fingerprint density at radius 1 is 1.61 bits per heavy atom. The first-order valence-electron chi connectivity index (χ1n) is 6.42. The highest BCUT2D eigenvalue weighted by Gasteiger charge is 2.28. The molecule has 0 aliphatic carbocycles. The summed E-state index contributed by atoms with van der Waals surface area (Å²) in [6.45, 7) is 6.69. The van der Waals surface area contributed by atoms with Gasteiger partial charge in [-0.3, -0.25) is 0 Å². The molecule has 1 aromatic rings. The maximum atomic E-state index is 5.68. The summed E-state index contributed by atoms with van der Waals surface area (Å²) in [5.74, 6) is 1.71. The minimum atomic E-state index is 0.0673. The zero-order valence-electron chi connectivity index (χ0n) is 11.0. The number of hydrogen-bond donors (Lipinski definition) is 1. The van der Waals surface area contributed by atoms with Gasteiger partial charge in [0, 0.05) is 19.3 Å². The zero-order chi connectivity index (χ0) is 13.0. The van der Waals surface area contributed by atoms with Gasteiger partial charge in [-0.1, -0.05) is 0 Å². The number of rotatable bonds is 4. The van der Waals surface area contributed by atoms with Crippen LogP contribution in [0, 0.1) is 0 Å². The summed E-state index contributed by atoms with van der Waals surface area (Å²) in [6.07, 6.45) is 1.86. The first-order valence-corrected chi connectivity index (χ1v) is 6.42. The van der Waals surface area contributed by atoms with Crippen molar-refractivity contribution in [1.82, 2.24) is 4.98 Å². The van der Waals surface area contributed by atoms with Gasteiger partial charge in [0.2, 0.25) is 0 Å². The first kappa shape index (κ1) is 13.1. The largest absolute Gasteiger partial charge is 0.490 e. The molecule has 1 saturated heterocycles. The average molecular weight is 251 g/mol. The van der Waals surface area contributed by atoms with E-state index in [1.807, 2.05) is 19.1 Å². The van der Waals surface area contributed by atoms with Gasteiger partial charge in [0.25, 0.3) is 0 Å². The fraction of sp³-hybridized carbons (Fsp3) is 0.615. The molecule has 1 fully saturated rings. The summed E-state index contributed by atoms with van der Waals surface area (Å²) in [4.78, 5) is 6.66. The lowest BCUT2D eigenvalue weighted by Gasteiger charge is -2.38. The van der Waals surface area contributed by atoms with Gasteiger partial charge in [-0.05, 0) is 26.0 Å². The van der Waals surface area contributed by atoms with Crippen molar-refractivity contribution in [3.63, 3.8) is 0 Å². The third-order valence-corrected chi connectivity index (χ3v) is 3.09. The lowest BCUT2D eigenvalue weighted by molar-refractivity contribution is 0.0278. The highest BCUT2D eigenvalue weighted by atomic mass is 16.5. The Balaban J connectivity index is 2.22. The molecule has 18 heavy (non-hydrogen) atoms. The Morgan fingerprint density at radius 2 is 2.44 bits per heavy atom. The number of morpholine rings is 1. The Labute approximate surface area is 108 Å². The van der Waals surface area contributed by atoms with E-state index in [-0.39, 0.29) is 12.1 Å². The van der Waals surface area contributed by atoms with E-state index in [0.717, 1.165) is 18.1 Å². The average Bonchev–Trinajstić information content (AvgIpc) is 2.41. The predicted molar refractivity (Wildman–Crippen MR) is 71.0 cm³/mol. The maximum absolute atomic E-state index is 5.68. The van der Waals surface area contributed by atoms with E-state index in [9.17, 15) is 0 Å². The van der Waals surface area contributed by atoms with Gasteiger partial charge in [0.15, 0.2) is 11.6 Å². The van der Waals surface area contributed by atoms with Gasteiger partial charge >= 0.3 is 0 Å². The Bertz CT molecular complexity index is 386. The molecule has 0 radical (unpaired) electrons. The quantitative estimate of drug-likeness (QED) is 0.866. The summed E-state index contributed by atoms with van der Waals surface area (Å²) in [5.41, 5.74) is 5.68. The molecule has 1 aliphatic rings. The Kier molecular flexibility index (Phi) is 4.38. The number of hydrogen-bond acceptors (Lipinski definition) is 5. The van der Waals surface area contributed by atoms with Crippen LogP contribution < -0.4 is 15.4 Å². The van der Waals surface area contributed by atoms with Crippen molar-refractivity contribution in [3.05, 3.63) is 18.3 Å². The van der Waals surface area contributed by atoms with Crippen LogP contribution in [0.2, 0.25) is 0 Å². The molecule has 0 saturated carbocycles. The van der Waals surface area contributed by atoms with E-state index < -0.39 is 0 Å². The number of nitrogens with zero attached hydrogens (tertiary/aromatic N) is 2. The fourth-order valence-corrected chi connectivity index (χ4v) is 2.12. The third kappa shape index (κ3) is 2.73. The predicted octanol–water partition coefficient (Wildman–Crippen LogP) is 1.03. The number of anilines is 1. The standard InChI is InChI=1S/C13H21N3O2/c1-3-17-12-5-4-6-15-13(12)16-8-11(7-14)18-9-10(16)2/h4-6,10-11H,3,7-9,14H2,1-2H3. The molecule has 100 valence electrons. The van der Waals surface area contributed by atoms with Crippen molar-refractivity contribution >= 4 is 5.82 Å². The smallest absolute Gasteiger partial charge is 0.171 e. The Morgan fingerprint density at radius 3 is 3.17 bits per heavy atom. The van der Waals surface area contributed by atoms with Crippen molar-refractivity contribution in [2.24, 2.45) is 5.73 Å². The molecular weight excluding hydrogens is 230 g/mol. The molecular formula is C13H21N3O2. The van der Waals surface area contributed by atoms with Gasteiger partial charge in [-0.25, -0.2) is 4.98 Å². The normalized spacial score (nSPS) is 24.1. The highest BCUT2D eigenvalue weighted by molar-refractivity contribution is 5.53. The van der Waals surface area contributed by atoms with Crippen LogP contribution in [0.15, 0.2) is 18.3 Å². The van der Waals surface area contributed by atoms with Crippen molar-refractivity contribution in [1.29, 1.82) is 0 Å². The van der Waals surface area contributed by atoms with E-state index in [0.29, 0.717) is 19.8 Å². The topological polar surface area (TPSA) is 60.6 Å². The second-order valence-corrected chi connectivity index (χ2v) is 4.45. The van der Waals surface area contributed by atoms with E-state index >= 15 is 0 Å². The molecule has 2 N–H and O–H groups in total. The summed E-state index contributed by atoms with van der Waals surface area (Å²) in [5, 5.41) is 0. The van der Waals surface area contributed by atoms with Crippen molar-refractivity contribution in [2.75, 3.05) is 31.2 Å². The fourth-order valence-electron chi connectivity index (χ4n) is 2.12. The number of ether oxygens (including phenoxy) is 2. The highest BCUT2D eigenvalue weighted by Crippen LogP contribution is 2.28. The van der Waals surface area contributed by atoms with Crippen LogP contribution >= 0.6 is 0 Å². The lowest BCUT2D eigenvalue weighted by atomic mass is 10.2. The summed E-state index contributed by atoms with van der Waals surface area (Å²) in [6, 6.07) is 4.12.